The van der Waals surface area contributed by atoms with Gasteiger partial charge >= 0.3 is 5.63 Å². The van der Waals surface area contributed by atoms with E-state index in [4.69, 9.17) is 4.42 Å². The van der Waals surface area contributed by atoms with Crippen molar-refractivity contribution in [2.75, 3.05) is 5.32 Å². The average Bonchev–Trinajstić information content (AvgIpc) is 2.57. The van der Waals surface area contributed by atoms with Gasteiger partial charge in [-0.2, -0.15) is 0 Å². The Hall–Kier alpha value is -3.21. The molecule has 0 aliphatic rings. The first-order valence-electron chi connectivity index (χ1n) is 7.32. The first-order valence-corrected chi connectivity index (χ1v) is 7.32. The average molecular weight is 323 g/mol. The summed E-state index contributed by atoms with van der Waals surface area (Å²) in [5, 5.41) is 3.00. The molecule has 0 bridgehead atoms. The zero-order chi connectivity index (χ0) is 17.1. The number of allylic oxidation sites excluding steroid dienone is 1. The molecule has 4 nitrogen and oxygen atoms in total. The minimum absolute atomic E-state index is 0.00223. The van der Waals surface area contributed by atoms with E-state index >= 15 is 0 Å². The van der Waals surface area contributed by atoms with Crippen LogP contribution >= 0.6 is 0 Å². The van der Waals surface area contributed by atoms with Crippen LogP contribution in [0.15, 0.2) is 70.4 Å². The molecule has 1 aromatic heterocycles. The number of carbonyl (C=O) groups excluding carboxylic acids is 1. The van der Waals surface area contributed by atoms with E-state index in [0.29, 0.717) is 17.4 Å². The van der Waals surface area contributed by atoms with Crippen LogP contribution in [0.4, 0.5) is 10.1 Å². The van der Waals surface area contributed by atoms with Crippen molar-refractivity contribution in [3.05, 3.63) is 88.6 Å². The van der Waals surface area contributed by atoms with E-state index in [1.54, 1.807) is 24.3 Å². The van der Waals surface area contributed by atoms with Crippen molar-refractivity contribution in [1.29, 1.82) is 0 Å². The van der Waals surface area contributed by atoms with Crippen molar-refractivity contribution in [2.24, 2.45) is 0 Å². The van der Waals surface area contributed by atoms with Crippen molar-refractivity contribution < 1.29 is 13.6 Å². The summed E-state index contributed by atoms with van der Waals surface area (Å²) in [5.41, 5.74) is 0.280. The second kappa shape index (κ2) is 6.50. The molecule has 2 aromatic carbocycles. The molecular weight excluding hydrogens is 309 g/mol. The van der Waals surface area contributed by atoms with Gasteiger partial charge in [0.25, 0.3) is 5.91 Å². The standard InChI is InChI=1S/C19H14FNO3/c1-2-6-12-7-5-8-13-11-14(19(23)24-17(12)13)18(22)21-16-10-4-3-9-15(16)20/h2-5,7-11H,1,6H2,(H,21,22). The first kappa shape index (κ1) is 15.7. The van der Waals surface area contributed by atoms with Gasteiger partial charge in [-0.05, 0) is 30.2 Å². The summed E-state index contributed by atoms with van der Waals surface area (Å²) in [4.78, 5) is 24.4. The summed E-state index contributed by atoms with van der Waals surface area (Å²) >= 11 is 0. The van der Waals surface area contributed by atoms with Gasteiger partial charge in [-0.25, -0.2) is 9.18 Å². The van der Waals surface area contributed by atoms with Crippen LogP contribution in [0.2, 0.25) is 0 Å². The quantitative estimate of drug-likeness (QED) is 0.585. The molecule has 0 radical (unpaired) electrons. The van der Waals surface area contributed by atoms with E-state index in [-0.39, 0.29) is 11.3 Å². The largest absolute Gasteiger partial charge is 0.422 e. The van der Waals surface area contributed by atoms with Crippen molar-refractivity contribution >= 4 is 22.6 Å². The second-order valence-electron chi connectivity index (χ2n) is 5.21. The van der Waals surface area contributed by atoms with Gasteiger partial charge in [0.1, 0.15) is 17.0 Å². The van der Waals surface area contributed by atoms with E-state index in [1.807, 2.05) is 6.07 Å². The van der Waals surface area contributed by atoms with Crippen LogP contribution in [0.1, 0.15) is 15.9 Å². The Morgan fingerprint density at radius 3 is 2.75 bits per heavy atom. The molecule has 1 N–H and O–H groups in total. The Morgan fingerprint density at radius 1 is 1.21 bits per heavy atom. The molecule has 3 aromatic rings. The highest BCUT2D eigenvalue weighted by atomic mass is 19.1. The number of carbonyl (C=O) groups is 1. The van der Waals surface area contributed by atoms with Crippen LogP contribution in [0.3, 0.4) is 0 Å². The van der Waals surface area contributed by atoms with Crippen LogP contribution in [-0.2, 0) is 6.42 Å². The molecule has 0 aliphatic carbocycles. The molecule has 0 spiro atoms. The lowest BCUT2D eigenvalue weighted by atomic mass is 10.1. The molecule has 5 heteroatoms. The number of fused-ring (bicyclic) bond motifs is 1. The fraction of sp³-hybridized carbons (Fsp3) is 0.0526. The number of nitrogens with one attached hydrogen (secondary N) is 1. The molecule has 1 amide bonds. The van der Waals surface area contributed by atoms with Crippen LogP contribution in [-0.4, -0.2) is 5.91 Å². The summed E-state index contributed by atoms with van der Waals surface area (Å²) in [6, 6.07) is 12.6. The molecule has 1 heterocycles. The summed E-state index contributed by atoms with van der Waals surface area (Å²) in [6.07, 6.45) is 2.24. The van der Waals surface area contributed by atoms with E-state index in [9.17, 15) is 14.0 Å². The SMILES string of the molecule is C=CCc1cccc2cc(C(=O)Nc3ccccc3F)c(=O)oc12. The Bertz CT molecular complexity index is 991. The summed E-state index contributed by atoms with van der Waals surface area (Å²) < 4.78 is 18.9. The number of hydrogen-bond acceptors (Lipinski definition) is 3. The number of anilines is 1. The lowest BCUT2D eigenvalue weighted by Gasteiger charge is -2.07. The molecular formula is C19H14FNO3. The predicted octanol–water partition coefficient (Wildman–Crippen LogP) is 3.91. The van der Waals surface area contributed by atoms with Crippen molar-refractivity contribution in [1.82, 2.24) is 0 Å². The van der Waals surface area contributed by atoms with Crippen LogP contribution < -0.4 is 10.9 Å². The summed E-state index contributed by atoms with van der Waals surface area (Å²) in [7, 11) is 0. The summed E-state index contributed by atoms with van der Waals surface area (Å²) in [5.74, 6) is -1.30. The van der Waals surface area contributed by atoms with Gasteiger partial charge in [-0.15, -0.1) is 6.58 Å². The highest BCUT2D eigenvalue weighted by Gasteiger charge is 2.16. The molecule has 0 saturated heterocycles. The number of para-hydroxylation sites is 2. The molecule has 24 heavy (non-hydrogen) atoms. The van der Waals surface area contributed by atoms with Crippen molar-refractivity contribution in [3.63, 3.8) is 0 Å². The maximum atomic E-state index is 13.6. The number of halogens is 1. The second-order valence-corrected chi connectivity index (χ2v) is 5.21. The minimum atomic E-state index is -0.771. The maximum absolute atomic E-state index is 13.6. The van der Waals surface area contributed by atoms with E-state index in [0.717, 1.165) is 5.56 Å². The Morgan fingerprint density at radius 2 is 2.00 bits per heavy atom. The maximum Gasteiger partial charge on any atom is 0.349 e. The van der Waals surface area contributed by atoms with Gasteiger partial charge in [-0.3, -0.25) is 4.79 Å². The normalized spacial score (nSPS) is 10.5. The van der Waals surface area contributed by atoms with Crippen LogP contribution in [0, 0.1) is 5.82 Å². The van der Waals surface area contributed by atoms with Gasteiger partial charge < -0.3 is 9.73 Å². The highest BCUT2D eigenvalue weighted by molar-refractivity contribution is 6.05. The Labute approximate surface area is 137 Å². The number of amides is 1. The third-order valence-corrected chi connectivity index (χ3v) is 3.57. The topological polar surface area (TPSA) is 59.3 Å². The molecule has 0 saturated carbocycles. The smallest absolute Gasteiger partial charge is 0.349 e. The third-order valence-electron chi connectivity index (χ3n) is 3.57. The lowest BCUT2D eigenvalue weighted by Crippen LogP contribution is -2.21. The van der Waals surface area contributed by atoms with Gasteiger partial charge in [-0.1, -0.05) is 36.4 Å². The zero-order valence-corrected chi connectivity index (χ0v) is 12.7. The minimum Gasteiger partial charge on any atom is -0.422 e. The number of hydrogen-bond donors (Lipinski definition) is 1. The van der Waals surface area contributed by atoms with Crippen LogP contribution in [0.25, 0.3) is 11.0 Å². The van der Waals surface area contributed by atoms with E-state index < -0.39 is 17.3 Å². The molecule has 0 aliphatic heterocycles. The highest BCUT2D eigenvalue weighted by Crippen LogP contribution is 2.20. The van der Waals surface area contributed by atoms with E-state index in [1.165, 1.54) is 24.3 Å². The van der Waals surface area contributed by atoms with Crippen molar-refractivity contribution in [2.45, 2.75) is 6.42 Å². The molecule has 120 valence electrons. The van der Waals surface area contributed by atoms with Gasteiger partial charge in [0, 0.05) is 5.39 Å². The number of benzene rings is 2. The van der Waals surface area contributed by atoms with E-state index in [2.05, 4.69) is 11.9 Å². The fourth-order valence-electron chi connectivity index (χ4n) is 2.43. The molecule has 0 fully saturated rings. The molecule has 0 atom stereocenters. The van der Waals surface area contributed by atoms with Crippen molar-refractivity contribution in [3.8, 4) is 0 Å². The van der Waals surface area contributed by atoms with Gasteiger partial charge in [0.2, 0.25) is 0 Å². The Kier molecular flexibility index (Phi) is 4.24. The van der Waals surface area contributed by atoms with Gasteiger partial charge in [0.15, 0.2) is 0 Å². The third kappa shape index (κ3) is 2.96. The lowest BCUT2D eigenvalue weighted by molar-refractivity contribution is 0.102. The molecule has 0 unspecified atom stereocenters. The fourth-order valence-corrected chi connectivity index (χ4v) is 2.43. The first-order chi connectivity index (χ1) is 11.6. The monoisotopic (exact) mass is 323 g/mol. The molecule has 3 rings (SSSR count). The number of rotatable bonds is 4. The Balaban J connectivity index is 2.02. The predicted molar refractivity (Wildman–Crippen MR) is 90.7 cm³/mol. The summed E-state index contributed by atoms with van der Waals surface area (Å²) in [6.45, 7) is 3.67. The van der Waals surface area contributed by atoms with Gasteiger partial charge in [0.05, 0.1) is 5.69 Å². The zero-order valence-electron chi connectivity index (χ0n) is 12.7. The van der Waals surface area contributed by atoms with Crippen LogP contribution in [0.5, 0.6) is 0 Å².